The monoisotopic (exact) mass is 453 g/mol. The van der Waals surface area contributed by atoms with Crippen LogP contribution in [0.4, 0.5) is 27.9 Å². The Morgan fingerprint density at radius 1 is 1.12 bits per heavy atom. The number of carbonyl (C=O) groups is 1. The zero-order valence-corrected chi connectivity index (χ0v) is 19.3. The maximum absolute atomic E-state index is 11.4. The number of ether oxygens (including phenoxy) is 1. The highest BCUT2D eigenvalue weighted by Crippen LogP contribution is 2.33. The molecule has 32 heavy (non-hydrogen) atoms. The fraction of sp³-hybridized carbons (Fsp3) is 0.364. The van der Waals surface area contributed by atoms with Crippen molar-refractivity contribution in [2.75, 3.05) is 35.7 Å². The van der Waals surface area contributed by atoms with Gasteiger partial charge in [0.25, 0.3) is 0 Å². The van der Waals surface area contributed by atoms with Crippen LogP contribution in [0.3, 0.4) is 0 Å². The summed E-state index contributed by atoms with van der Waals surface area (Å²) < 4.78 is 4.63. The minimum absolute atomic E-state index is 0.497. The average molecular weight is 454 g/mol. The molecule has 9 nitrogen and oxygen atoms in total. The third-order valence-electron chi connectivity index (χ3n) is 5.20. The highest BCUT2D eigenvalue weighted by molar-refractivity contribution is 7.99. The Morgan fingerprint density at radius 2 is 1.88 bits per heavy atom. The Morgan fingerprint density at radius 3 is 2.53 bits per heavy atom. The largest absolute Gasteiger partial charge is 0.453 e. The zero-order valence-electron chi connectivity index (χ0n) is 18.4. The predicted octanol–water partition coefficient (Wildman–Crippen LogP) is 4.88. The van der Waals surface area contributed by atoms with Crippen molar-refractivity contribution < 1.29 is 9.53 Å². The number of piperidine rings is 1. The first-order valence-electron chi connectivity index (χ1n) is 10.6. The van der Waals surface area contributed by atoms with E-state index in [-0.39, 0.29) is 0 Å². The molecular weight excluding hydrogens is 426 g/mol. The van der Waals surface area contributed by atoms with Gasteiger partial charge in [-0.05, 0) is 69.1 Å². The van der Waals surface area contributed by atoms with Gasteiger partial charge in [0, 0.05) is 41.0 Å². The molecule has 168 valence electrons. The summed E-state index contributed by atoms with van der Waals surface area (Å²) in [6.45, 7) is 6.01. The normalized spacial score (nSPS) is 13.7. The molecule has 4 rings (SSSR count). The predicted molar refractivity (Wildman–Crippen MR) is 126 cm³/mol. The number of nitrogens with one attached hydrogen (secondary N) is 3. The summed E-state index contributed by atoms with van der Waals surface area (Å²) in [6.07, 6.45) is 3.10. The first-order chi connectivity index (χ1) is 15.5. The van der Waals surface area contributed by atoms with E-state index in [0.717, 1.165) is 46.7 Å². The van der Waals surface area contributed by atoms with Crippen LogP contribution in [0.15, 0.2) is 40.4 Å². The number of aryl methyl sites for hydroxylation is 1. The van der Waals surface area contributed by atoms with Crippen LogP contribution in [0, 0.1) is 13.8 Å². The van der Waals surface area contributed by atoms with Crippen LogP contribution in [0.25, 0.3) is 0 Å². The number of anilines is 4. The van der Waals surface area contributed by atoms with Crippen LogP contribution >= 0.6 is 11.8 Å². The summed E-state index contributed by atoms with van der Waals surface area (Å²) in [5, 5.41) is 13.9. The van der Waals surface area contributed by atoms with Crippen molar-refractivity contribution in [3.63, 3.8) is 0 Å². The van der Waals surface area contributed by atoms with Crippen LogP contribution < -0.4 is 15.5 Å². The first-order valence-corrected chi connectivity index (χ1v) is 11.4. The van der Waals surface area contributed by atoms with E-state index in [9.17, 15) is 4.79 Å². The standard InChI is InChI=1S/C22H27N7O2S/c1-14-13-18(28-27-14)24-19-15(2)20(29-11-5-4-6-12-29)26-21(25-19)32-17-9-7-16(8-10-17)23-22(30)31-3/h7-10,13H,4-6,11-12H2,1-3H3,(H,23,30)(H2,24,25,26,27,28). The third-order valence-corrected chi connectivity index (χ3v) is 6.08. The molecule has 0 spiro atoms. The summed E-state index contributed by atoms with van der Waals surface area (Å²) >= 11 is 1.48. The smallest absolute Gasteiger partial charge is 0.411 e. The molecule has 0 radical (unpaired) electrons. The van der Waals surface area contributed by atoms with E-state index in [0.29, 0.717) is 10.8 Å². The van der Waals surface area contributed by atoms with E-state index in [1.807, 2.05) is 44.2 Å². The molecule has 0 saturated carbocycles. The fourth-order valence-electron chi connectivity index (χ4n) is 3.55. The lowest BCUT2D eigenvalue weighted by Crippen LogP contribution is -2.31. The Bertz CT molecular complexity index is 1080. The molecule has 0 bridgehead atoms. The number of amides is 1. The molecule has 1 aliphatic heterocycles. The molecule has 1 amide bonds. The zero-order chi connectivity index (χ0) is 22.5. The summed E-state index contributed by atoms with van der Waals surface area (Å²) in [7, 11) is 1.34. The van der Waals surface area contributed by atoms with Gasteiger partial charge in [-0.15, -0.1) is 0 Å². The molecule has 10 heteroatoms. The van der Waals surface area contributed by atoms with Gasteiger partial charge in [0.15, 0.2) is 11.0 Å². The summed E-state index contributed by atoms with van der Waals surface area (Å²) in [5.74, 6) is 2.43. The molecular formula is C22H27N7O2S. The van der Waals surface area contributed by atoms with Crippen molar-refractivity contribution in [3.05, 3.63) is 41.6 Å². The molecule has 3 heterocycles. The second-order valence-electron chi connectivity index (χ2n) is 7.66. The molecule has 0 atom stereocenters. The maximum Gasteiger partial charge on any atom is 0.411 e. The lowest BCUT2D eigenvalue weighted by atomic mass is 10.1. The van der Waals surface area contributed by atoms with E-state index < -0.39 is 6.09 Å². The molecule has 3 aromatic rings. The molecule has 3 N–H and O–H groups in total. The van der Waals surface area contributed by atoms with Gasteiger partial charge in [-0.25, -0.2) is 14.8 Å². The van der Waals surface area contributed by atoms with Gasteiger partial charge in [0.1, 0.15) is 11.6 Å². The van der Waals surface area contributed by atoms with Crippen LogP contribution in [0.1, 0.15) is 30.5 Å². The Balaban J connectivity index is 1.61. The van der Waals surface area contributed by atoms with Crippen molar-refractivity contribution in [3.8, 4) is 0 Å². The number of methoxy groups -OCH3 is 1. The molecule has 0 unspecified atom stereocenters. The molecule has 1 aromatic carbocycles. The van der Waals surface area contributed by atoms with Gasteiger partial charge in [-0.1, -0.05) is 0 Å². The minimum Gasteiger partial charge on any atom is -0.453 e. The number of H-pyrrole nitrogens is 1. The fourth-order valence-corrected chi connectivity index (χ4v) is 4.30. The molecule has 1 saturated heterocycles. The Hall–Kier alpha value is -3.27. The van der Waals surface area contributed by atoms with E-state index in [1.54, 1.807) is 0 Å². The lowest BCUT2D eigenvalue weighted by Gasteiger charge is -2.29. The number of hydrogen-bond acceptors (Lipinski definition) is 8. The second kappa shape index (κ2) is 9.90. The average Bonchev–Trinajstić information content (AvgIpc) is 3.22. The van der Waals surface area contributed by atoms with E-state index in [1.165, 1.54) is 38.1 Å². The van der Waals surface area contributed by atoms with Crippen molar-refractivity contribution in [1.29, 1.82) is 0 Å². The quantitative estimate of drug-likeness (QED) is 0.453. The van der Waals surface area contributed by atoms with Gasteiger partial charge in [0.2, 0.25) is 0 Å². The Labute approximate surface area is 191 Å². The van der Waals surface area contributed by atoms with Gasteiger partial charge < -0.3 is 15.0 Å². The van der Waals surface area contributed by atoms with Crippen molar-refractivity contribution in [2.45, 2.75) is 43.2 Å². The Kier molecular flexibility index (Phi) is 6.79. The molecule has 0 aliphatic carbocycles. The van der Waals surface area contributed by atoms with Crippen LogP contribution in [0.5, 0.6) is 0 Å². The second-order valence-corrected chi connectivity index (χ2v) is 8.70. The van der Waals surface area contributed by atoms with Gasteiger partial charge in [-0.2, -0.15) is 5.10 Å². The van der Waals surface area contributed by atoms with Crippen molar-refractivity contribution in [1.82, 2.24) is 20.2 Å². The highest BCUT2D eigenvalue weighted by atomic mass is 32.2. The number of hydrogen-bond donors (Lipinski definition) is 3. The SMILES string of the molecule is COC(=O)Nc1ccc(Sc2nc(Nc3cc(C)[nH]n3)c(C)c(N3CCCCC3)n2)cc1. The van der Waals surface area contributed by atoms with Gasteiger partial charge >= 0.3 is 6.09 Å². The van der Waals surface area contributed by atoms with Gasteiger partial charge in [-0.3, -0.25) is 10.4 Å². The number of benzene rings is 1. The van der Waals surface area contributed by atoms with E-state index >= 15 is 0 Å². The van der Waals surface area contributed by atoms with Crippen molar-refractivity contribution in [2.24, 2.45) is 0 Å². The summed E-state index contributed by atoms with van der Waals surface area (Å²) in [6, 6.07) is 9.44. The summed E-state index contributed by atoms with van der Waals surface area (Å²) in [5.41, 5.74) is 2.65. The highest BCUT2D eigenvalue weighted by Gasteiger charge is 2.20. The number of carbonyl (C=O) groups excluding carboxylic acids is 1. The lowest BCUT2D eigenvalue weighted by molar-refractivity contribution is 0.187. The molecule has 1 aliphatic rings. The number of aromatic nitrogens is 4. The number of aromatic amines is 1. The van der Waals surface area contributed by atoms with E-state index in [2.05, 4.69) is 30.5 Å². The van der Waals surface area contributed by atoms with Crippen molar-refractivity contribution >= 4 is 41.0 Å². The number of nitrogens with zero attached hydrogens (tertiary/aromatic N) is 4. The summed E-state index contributed by atoms with van der Waals surface area (Å²) in [4.78, 5) is 24.4. The maximum atomic E-state index is 11.4. The topological polar surface area (TPSA) is 108 Å². The van der Waals surface area contributed by atoms with E-state index in [4.69, 9.17) is 9.97 Å². The first kappa shape index (κ1) is 21.9. The van der Waals surface area contributed by atoms with Crippen LogP contribution in [-0.4, -0.2) is 46.5 Å². The van der Waals surface area contributed by atoms with Crippen LogP contribution in [0.2, 0.25) is 0 Å². The third kappa shape index (κ3) is 5.31. The van der Waals surface area contributed by atoms with Gasteiger partial charge in [0.05, 0.1) is 7.11 Å². The van der Waals surface area contributed by atoms with Crippen LogP contribution in [-0.2, 0) is 4.74 Å². The minimum atomic E-state index is -0.497. The molecule has 1 fully saturated rings. The molecule has 2 aromatic heterocycles. The number of rotatable bonds is 6.